The number of rotatable bonds is 16. The SMILES string of the molecule is CCOCCCNC(P(=O)(OCC)OCC)P(=O)(OCC)OCC. The summed E-state index contributed by atoms with van der Waals surface area (Å²) in [5.41, 5.74) is -1.17. The summed E-state index contributed by atoms with van der Waals surface area (Å²) >= 11 is 0. The maximum atomic E-state index is 13.2. The molecule has 0 saturated heterocycles. The second-order valence-electron chi connectivity index (χ2n) is 4.63. The first-order valence-electron chi connectivity index (χ1n) is 8.52. The van der Waals surface area contributed by atoms with Gasteiger partial charge < -0.3 is 22.8 Å². The minimum atomic E-state index is -3.73. The van der Waals surface area contributed by atoms with Gasteiger partial charge >= 0.3 is 15.2 Å². The molecule has 0 bridgehead atoms. The van der Waals surface area contributed by atoms with Crippen LogP contribution in [0.15, 0.2) is 0 Å². The minimum absolute atomic E-state index is 0.159. The van der Waals surface area contributed by atoms with Crippen LogP contribution < -0.4 is 5.32 Å². The highest BCUT2D eigenvalue weighted by Gasteiger charge is 2.50. The Bertz CT molecular complexity index is 359. The third-order valence-electron chi connectivity index (χ3n) is 2.83. The van der Waals surface area contributed by atoms with Crippen LogP contribution in [0.1, 0.15) is 41.0 Å². The predicted octanol–water partition coefficient (Wildman–Crippen LogP) is 3.82. The van der Waals surface area contributed by atoms with Crippen molar-refractivity contribution in [3.63, 3.8) is 0 Å². The molecule has 0 saturated carbocycles. The van der Waals surface area contributed by atoms with Crippen LogP contribution in [0, 0.1) is 0 Å². The Labute approximate surface area is 146 Å². The average Bonchev–Trinajstić information content (AvgIpc) is 2.51. The molecule has 0 aliphatic rings. The molecule has 0 fully saturated rings. The zero-order chi connectivity index (χ0) is 18.5. The van der Waals surface area contributed by atoms with Crippen molar-refractivity contribution in [1.29, 1.82) is 0 Å². The fourth-order valence-electron chi connectivity index (χ4n) is 2.02. The van der Waals surface area contributed by atoms with Crippen LogP contribution in [0.2, 0.25) is 0 Å². The van der Waals surface area contributed by atoms with Gasteiger partial charge in [-0.1, -0.05) is 0 Å². The van der Waals surface area contributed by atoms with E-state index in [1.165, 1.54) is 0 Å². The maximum absolute atomic E-state index is 13.2. The maximum Gasteiger partial charge on any atom is 0.359 e. The van der Waals surface area contributed by atoms with E-state index in [2.05, 4.69) is 5.32 Å². The van der Waals surface area contributed by atoms with Crippen LogP contribution in [0.3, 0.4) is 0 Å². The summed E-state index contributed by atoms with van der Waals surface area (Å²) in [6.07, 6.45) is 0.654. The van der Waals surface area contributed by atoms with Crippen molar-refractivity contribution < 1.29 is 32.0 Å². The summed E-state index contributed by atoms with van der Waals surface area (Å²) in [7, 11) is -7.46. The topological polar surface area (TPSA) is 92.3 Å². The van der Waals surface area contributed by atoms with E-state index in [1.807, 2.05) is 6.92 Å². The van der Waals surface area contributed by atoms with Gasteiger partial charge in [0.2, 0.25) is 5.52 Å². The molecule has 0 aromatic carbocycles. The van der Waals surface area contributed by atoms with E-state index in [4.69, 9.17) is 22.8 Å². The highest BCUT2D eigenvalue weighted by atomic mass is 31.2. The fraction of sp³-hybridized carbons (Fsp3) is 1.00. The van der Waals surface area contributed by atoms with E-state index in [-0.39, 0.29) is 26.4 Å². The standard InChI is InChI=1S/C14H33NO7P2/c1-6-18-13-11-12-15-14(23(16,19-7-2)20-8-3)24(17,21-9-4)22-10-5/h14-15H,6-13H2,1-5H3. The predicted molar refractivity (Wildman–Crippen MR) is 94.6 cm³/mol. The Balaban J connectivity index is 5.37. The molecule has 0 aliphatic carbocycles. The Kier molecular flexibility index (Phi) is 13.6. The largest absolute Gasteiger partial charge is 0.382 e. The smallest absolute Gasteiger partial charge is 0.359 e. The normalized spacial score (nSPS) is 12.9. The zero-order valence-electron chi connectivity index (χ0n) is 15.5. The first-order chi connectivity index (χ1) is 11.4. The van der Waals surface area contributed by atoms with Gasteiger partial charge in [-0.15, -0.1) is 0 Å². The number of hydrogen-bond acceptors (Lipinski definition) is 8. The zero-order valence-corrected chi connectivity index (χ0v) is 17.3. The molecule has 0 heterocycles. The van der Waals surface area contributed by atoms with Gasteiger partial charge in [-0.3, -0.25) is 14.4 Å². The van der Waals surface area contributed by atoms with E-state index < -0.39 is 20.7 Å². The van der Waals surface area contributed by atoms with Crippen molar-refractivity contribution in [1.82, 2.24) is 5.32 Å². The molecule has 0 rings (SSSR count). The van der Waals surface area contributed by atoms with Crippen LogP contribution in [-0.2, 0) is 32.0 Å². The van der Waals surface area contributed by atoms with Crippen LogP contribution in [0.5, 0.6) is 0 Å². The van der Waals surface area contributed by atoms with Gasteiger partial charge in [0.05, 0.1) is 26.4 Å². The fourth-order valence-corrected chi connectivity index (χ4v) is 7.07. The molecule has 0 atom stereocenters. The molecule has 24 heavy (non-hydrogen) atoms. The van der Waals surface area contributed by atoms with Crippen molar-refractivity contribution in [3.8, 4) is 0 Å². The number of ether oxygens (including phenoxy) is 1. The van der Waals surface area contributed by atoms with Crippen molar-refractivity contribution in [2.24, 2.45) is 0 Å². The molecular formula is C14H33NO7P2. The quantitative estimate of drug-likeness (QED) is 0.315. The van der Waals surface area contributed by atoms with Crippen molar-refractivity contribution in [2.75, 3.05) is 46.2 Å². The Morgan fingerprint density at radius 2 is 1.17 bits per heavy atom. The lowest BCUT2D eigenvalue weighted by molar-refractivity contribution is 0.143. The lowest BCUT2D eigenvalue weighted by Gasteiger charge is -2.31. The van der Waals surface area contributed by atoms with Gasteiger partial charge in [0.1, 0.15) is 0 Å². The van der Waals surface area contributed by atoms with E-state index in [0.29, 0.717) is 26.2 Å². The summed E-state index contributed by atoms with van der Waals surface area (Å²) in [6.45, 7) is 10.9. The first kappa shape index (κ1) is 24.2. The number of nitrogens with one attached hydrogen (secondary N) is 1. The van der Waals surface area contributed by atoms with Crippen LogP contribution in [-0.4, -0.2) is 51.7 Å². The Hall–Kier alpha value is 0.220. The van der Waals surface area contributed by atoms with Crippen molar-refractivity contribution in [2.45, 2.75) is 46.6 Å². The van der Waals surface area contributed by atoms with Gasteiger partial charge in [-0.25, -0.2) is 0 Å². The molecule has 0 aromatic rings. The van der Waals surface area contributed by atoms with E-state index in [0.717, 1.165) is 0 Å². The van der Waals surface area contributed by atoms with Crippen LogP contribution in [0.25, 0.3) is 0 Å². The van der Waals surface area contributed by atoms with Gasteiger partial charge in [-0.2, -0.15) is 0 Å². The monoisotopic (exact) mass is 389 g/mol. The van der Waals surface area contributed by atoms with E-state index in [1.54, 1.807) is 27.7 Å². The summed E-state index contributed by atoms with van der Waals surface area (Å²) in [5.74, 6) is 0. The molecule has 8 nitrogen and oxygen atoms in total. The van der Waals surface area contributed by atoms with Crippen LogP contribution >= 0.6 is 15.2 Å². The van der Waals surface area contributed by atoms with Gasteiger partial charge in [0.15, 0.2) is 0 Å². The number of hydrogen-bond donors (Lipinski definition) is 1. The summed E-state index contributed by atoms with van der Waals surface area (Å²) < 4.78 is 53.0. The summed E-state index contributed by atoms with van der Waals surface area (Å²) in [6, 6.07) is 0. The van der Waals surface area contributed by atoms with Crippen LogP contribution in [0.4, 0.5) is 0 Å². The molecule has 0 amide bonds. The second-order valence-corrected chi connectivity index (χ2v) is 9.26. The first-order valence-corrected chi connectivity index (χ1v) is 11.7. The lowest BCUT2D eigenvalue weighted by atomic mass is 10.4. The van der Waals surface area contributed by atoms with Crippen molar-refractivity contribution in [3.05, 3.63) is 0 Å². The second kappa shape index (κ2) is 13.4. The molecule has 0 aromatic heterocycles. The third-order valence-corrected chi connectivity index (χ3v) is 8.56. The molecule has 0 aliphatic heterocycles. The average molecular weight is 389 g/mol. The highest BCUT2D eigenvalue weighted by molar-refractivity contribution is 7.72. The van der Waals surface area contributed by atoms with E-state index in [9.17, 15) is 9.13 Å². The van der Waals surface area contributed by atoms with Gasteiger partial charge in [0, 0.05) is 13.2 Å². The Morgan fingerprint density at radius 1 is 0.750 bits per heavy atom. The molecule has 0 spiro atoms. The third kappa shape index (κ3) is 8.07. The summed E-state index contributed by atoms with van der Waals surface area (Å²) in [4.78, 5) is 0. The summed E-state index contributed by atoms with van der Waals surface area (Å²) in [5, 5.41) is 2.99. The minimum Gasteiger partial charge on any atom is -0.382 e. The molecular weight excluding hydrogens is 356 g/mol. The molecule has 0 unspecified atom stereocenters. The molecule has 146 valence electrons. The Morgan fingerprint density at radius 3 is 1.50 bits per heavy atom. The highest BCUT2D eigenvalue weighted by Crippen LogP contribution is 2.69. The van der Waals surface area contributed by atoms with Gasteiger partial charge in [-0.05, 0) is 47.6 Å². The molecule has 1 N–H and O–H groups in total. The van der Waals surface area contributed by atoms with E-state index >= 15 is 0 Å². The molecule has 0 radical (unpaired) electrons. The lowest BCUT2D eigenvalue weighted by Crippen LogP contribution is -2.33. The van der Waals surface area contributed by atoms with Crippen molar-refractivity contribution >= 4 is 15.2 Å². The van der Waals surface area contributed by atoms with Gasteiger partial charge in [0.25, 0.3) is 0 Å². The molecule has 10 heteroatoms.